The van der Waals surface area contributed by atoms with Crippen molar-refractivity contribution in [2.24, 2.45) is 0 Å². The van der Waals surface area contributed by atoms with Crippen LogP contribution in [0.15, 0.2) is 24.3 Å². The Balaban J connectivity index is 1.92. The SMILES string of the molecule is COc1ccc(NC(=O)C2CNC(=O)CN2)cc1. The Kier molecular flexibility index (Phi) is 3.78. The van der Waals surface area contributed by atoms with E-state index in [0.29, 0.717) is 12.2 Å². The molecule has 3 N–H and O–H groups in total. The zero-order chi connectivity index (χ0) is 13.0. The fourth-order valence-corrected chi connectivity index (χ4v) is 1.66. The second-order valence-corrected chi connectivity index (χ2v) is 3.96. The van der Waals surface area contributed by atoms with Gasteiger partial charge in [0.2, 0.25) is 11.8 Å². The molecule has 1 aromatic carbocycles. The van der Waals surface area contributed by atoms with Crippen molar-refractivity contribution in [1.82, 2.24) is 10.6 Å². The number of benzene rings is 1. The first-order chi connectivity index (χ1) is 8.69. The number of nitrogens with one attached hydrogen (secondary N) is 3. The Labute approximate surface area is 105 Å². The molecule has 0 aliphatic carbocycles. The van der Waals surface area contributed by atoms with Crippen LogP contribution in [0.5, 0.6) is 5.75 Å². The number of hydrogen-bond donors (Lipinski definition) is 3. The maximum absolute atomic E-state index is 11.9. The number of carbonyl (C=O) groups excluding carboxylic acids is 2. The quantitative estimate of drug-likeness (QED) is 0.688. The highest BCUT2D eigenvalue weighted by atomic mass is 16.5. The molecule has 1 fully saturated rings. The molecule has 1 atom stereocenters. The number of carbonyl (C=O) groups is 2. The van der Waals surface area contributed by atoms with Crippen LogP contribution in [0.1, 0.15) is 0 Å². The normalized spacial score (nSPS) is 18.9. The van der Waals surface area contributed by atoms with Gasteiger partial charge in [-0.15, -0.1) is 0 Å². The minimum Gasteiger partial charge on any atom is -0.497 e. The molecule has 6 heteroatoms. The molecule has 6 nitrogen and oxygen atoms in total. The molecule has 2 amide bonds. The average Bonchev–Trinajstić information content (AvgIpc) is 2.40. The number of amides is 2. The number of ether oxygens (including phenoxy) is 1. The maximum atomic E-state index is 11.9. The third-order valence-electron chi connectivity index (χ3n) is 2.69. The van der Waals surface area contributed by atoms with Gasteiger partial charge in [0.1, 0.15) is 11.8 Å². The van der Waals surface area contributed by atoms with Gasteiger partial charge in [0, 0.05) is 12.2 Å². The molecular formula is C12H15N3O3. The molecule has 1 aliphatic rings. The minimum absolute atomic E-state index is 0.0940. The van der Waals surface area contributed by atoms with Crippen molar-refractivity contribution in [3.63, 3.8) is 0 Å². The number of methoxy groups -OCH3 is 1. The first kappa shape index (κ1) is 12.4. The summed E-state index contributed by atoms with van der Waals surface area (Å²) in [5.41, 5.74) is 0.694. The second-order valence-electron chi connectivity index (χ2n) is 3.96. The van der Waals surface area contributed by atoms with E-state index in [-0.39, 0.29) is 18.4 Å². The summed E-state index contributed by atoms with van der Waals surface area (Å²) in [5, 5.41) is 8.27. The van der Waals surface area contributed by atoms with Crippen molar-refractivity contribution in [1.29, 1.82) is 0 Å². The van der Waals surface area contributed by atoms with E-state index < -0.39 is 6.04 Å². The molecule has 1 aromatic rings. The lowest BCUT2D eigenvalue weighted by molar-refractivity contribution is -0.124. The van der Waals surface area contributed by atoms with Gasteiger partial charge in [-0.1, -0.05) is 0 Å². The van der Waals surface area contributed by atoms with Gasteiger partial charge >= 0.3 is 0 Å². The molecule has 0 bridgehead atoms. The third-order valence-corrected chi connectivity index (χ3v) is 2.69. The summed E-state index contributed by atoms with van der Waals surface area (Å²) in [4.78, 5) is 22.8. The summed E-state index contributed by atoms with van der Waals surface area (Å²) in [6.45, 7) is 0.474. The third kappa shape index (κ3) is 2.98. The number of anilines is 1. The zero-order valence-corrected chi connectivity index (χ0v) is 10.0. The van der Waals surface area contributed by atoms with Gasteiger partial charge < -0.3 is 15.4 Å². The number of hydrogen-bond acceptors (Lipinski definition) is 4. The highest BCUT2D eigenvalue weighted by Gasteiger charge is 2.23. The number of rotatable bonds is 3. The molecule has 96 valence electrons. The van der Waals surface area contributed by atoms with E-state index in [1.54, 1.807) is 31.4 Å². The lowest BCUT2D eigenvalue weighted by atomic mass is 10.2. The highest BCUT2D eigenvalue weighted by molar-refractivity contribution is 5.96. The van der Waals surface area contributed by atoms with Crippen LogP contribution in [0, 0.1) is 0 Å². The molecule has 2 rings (SSSR count). The van der Waals surface area contributed by atoms with Gasteiger partial charge in [-0.2, -0.15) is 0 Å². The van der Waals surface area contributed by atoms with Crippen molar-refractivity contribution in [3.05, 3.63) is 24.3 Å². The van der Waals surface area contributed by atoms with Gasteiger partial charge in [-0.05, 0) is 24.3 Å². The standard InChI is InChI=1S/C12H15N3O3/c1-18-9-4-2-8(3-5-9)15-12(17)10-6-14-11(16)7-13-10/h2-5,10,13H,6-7H2,1H3,(H,14,16)(H,15,17). The molecule has 1 aliphatic heterocycles. The highest BCUT2D eigenvalue weighted by Crippen LogP contribution is 2.15. The lowest BCUT2D eigenvalue weighted by Gasteiger charge is -2.23. The van der Waals surface area contributed by atoms with Crippen LogP contribution >= 0.6 is 0 Å². The monoisotopic (exact) mass is 249 g/mol. The first-order valence-corrected chi connectivity index (χ1v) is 5.64. The number of piperazine rings is 1. The van der Waals surface area contributed by atoms with Crippen LogP contribution < -0.4 is 20.7 Å². The largest absolute Gasteiger partial charge is 0.497 e. The molecule has 0 saturated carbocycles. The summed E-state index contributed by atoms with van der Waals surface area (Å²) in [5.74, 6) is 0.472. The first-order valence-electron chi connectivity index (χ1n) is 5.64. The zero-order valence-electron chi connectivity index (χ0n) is 10.0. The van der Waals surface area contributed by atoms with E-state index in [2.05, 4.69) is 16.0 Å². The van der Waals surface area contributed by atoms with Crippen LogP contribution in [0.25, 0.3) is 0 Å². The van der Waals surface area contributed by atoms with Crippen LogP contribution in [-0.4, -0.2) is 38.1 Å². The molecule has 0 radical (unpaired) electrons. The van der Waals surface area contributed by atoms with Crippen LogP contribution in [0.3, 0.4) is 0 Å². The lowest BCUT2D eigenvalue weighted by Crippen LogP contribution is -2.56. The predicted octanol–water partition coefficient (Wildman–Crippen LogP) is -0.278. The Hall–Kier alpha value is -2.08. The minimum atomic E-state index is -0.398. The van der Waals surface area contributed by atoms with E-state index in [0.717, 1.165) is 5.75 Å². The van der Waals surface area contributed by atoms with E-state index in [1.165, 1.54) is 0 Å². The van der Waals surface area contributed by atoms with Crippen LogP contribution in [0.4, 0.5) is 5.69 Å². The summed E-state index contributed by atoms with van der Waals surface area (Å²) in [6, 6.07) is 6.66. The van der Waals surface area contributed by atoms with Gasteiger partial charge in [-0.3, -0.25) is 14.9 Å². The van der Waals surface area contributed by atoms with Crippen LogP contribution in [-0.2, 0) is 9.59 Å². The van der Waals surface area contributed by atoms with Gasteiger partial charge in [-0.25, -0.2) is 0 Å². The summed E-state index contributed by atoms with van der Waals surface area (Å²) in [6.07, 6.45) is 0. The fourth-order valence-electron chi connectivity index (χ4n) is 1.66. The molecule has 0 spiro atoms. The Morgan fingerprint density at radius 2 is 2.11 bits per heavy atom. The van der Waals surface area contributed by atoms with Crippen molar-refractivity contribution in [3.8, 4) is 5.75 Å². The second kappa shape index (κ2) is 5.50. The molecule has 18 heavy (non-hydrogen) atoms. The Bertz CT molecular complexity index is 434. The summed E-state index contributed by atoms with van der Waals surface area (Å²) >= 11 is 0. The van der Waals surface area contributed by atoms with Gasteiger partial charge in [0.15, 0.2) is 0 Å². The van der Waals surface area contributed by atoms with Crippen molar-refractivity contribution < 1.29 is 14.3 Å². The molecule has 1 heterocycles. The average molecular weight is 249 g/mol. The van der Waals surface area contributed by atoms with Gasteiger partial charge in [0.25, 0.3) is 0 Å². The van der Waals surface area contributed by atoms with E-state index in [1.807, 2.05) is 0 Å². The van der Waals surface area contributed by atoms with Crippen molar-refractivity contribution in [2.45, 2.75) is 6.04 Å². The molecule has 0 aromatic heterocycles. The van der Waals surface area contributed by atoms with E-state index in [4.69, 9.17) is 4.74 Å². The molecular weight excluding hydrogens is 234 g/mol. The van der Waals surface area contributed by atoms with Crippen LogP contribution in [0.2, 0.25) is 0 Å². The smallest absolute Gasteiger partial charge is 0.243 e. The van der Waals surface area contributed by atoms with Crippen molar-refractivity contribution >= 4 is 17.5 Å². The van der Waals surface area contributed by atoms with E-state index >= 15 is 0 Å². The Morgan fingerprint density at radius 1 is 1.39 bits per heavy atom. The van der Waals surface area contributed by atoms with E-state index in [9.17, 15) is 9.59 Å². The topological polar surface area (TPSA) is 79.5 Å². The summed E-state index contributed by atoms with van der Waals surface area (Å²) < 4.78 is 5.03. The fraction of sp³-hybridized carbons (Fsp3) is 0.333. The molecule has 1 saturated heterocycles. The summed E-state index contributed by atoms with van der Waals surface area (Å²) in [7, 11) is 1.59. The van der Waals surface area contributed by atoms with Crippen molar-refractivity contribution in [2.75, 3.05) is 25.5 Å². The predicted molar refractivity (Wildman–Crippen MR) is 66.4 cm³/mol. The molecule has 1 unspecified atom stereocenters. The van der Waals surface area contributed by atoms with Gasteiger partial charge in [0.05, 0.1) is 13.7 Å². The maximum Gasteiger partial charge on any atom is 0.243 e. The Morgan fingerprint density at radius 3 is 2.67 bits per heavy atom.